The number of anilines is 2. The van der Waals surface area contributed by atoms with Gasteiger partial charge in [0.1, 0.15) is 5.52 Å². The summed E-state index contributed by atoms with van der Waals surface area (Å²) in [5, 5.41) is 3.33. The fraction of sp³-hybridized carbons (Fsp3) is 0.300. The second-order valence-electron chi connectivity index (χ2n) is 6.72. The molecule has 0 aliphatic carbocycles. The van der Waals surface area contributed by atoms with Gasteiger partial charge < -0.3 is 15.1 Å². The van der Waals surface area contributed by atoms with Gasteiger partial charge in [-0.15, -0.1) is 0 Å². The van der Waals surface area contributed by atoms with E-state index in [1.54, 1.807) is 33.9 Å². The molecular weight excluding hydrogens is 392 g/mol. The summed E-state index contributed by atoms with van der Waals surface area (Å²) < 4.78 is 1.63. The number of fused-ring (bicyclic) bond motifs is 1. The van der Waals surface area contributed by atoms with Crippen molar-refractivity contribution in [2.75, 3.05) is 36.4 Å². The molecule has 0 radical (unpaired) electrons. The van der Waals surface area contributed by atoms with E-state index in [9.17, 15) is 9.59 Å². The van der Waals surface area contributed by atoms with Gasteiger partial charge in [0.15, 0.2) is 11.5 Å². The molecule has 0 atom stereocenters. The highest BCUT2D eigenvalue weighted by Gasteiger charge is 2.25. The largest absolute Gasteiger partial charge is 0.348 e. The number of pyridine rings is 1. The molecule has 4 rings (SSSR count). The number of halogens is 1. The molecule has 1 aromatic carbocycles. The average Bonchev–Trinajstić information content (AvgIpc) is 2.75. The fourth-order valence-electron chi connectivity index (χ4n) is 3.44. The summed E-state index contributed by atoms with van der Waals surface area (Å²) in [5.41, 5.74) is 1.69. The number of rotatable bonds is 3. The van der Waals surface area contributed by atoms with Crippen LogP contribution >= 0.6 is 11.6 Å². The minimum absolute atomic E-state index is 0.160. The Morgan fingerprint density at radius 1 is 1.14 bits per heavy atom. The zero-order valence-corrected chi connectivity index (χ0v) is 16.8. The van der Waals surface area contributed by atoms with Crippen LogP contribution in [0.4, 0.5) is 16.3 Å². The Morgan fingerprint density at radius 2 is 1.90 bits per heavy atom. The predicted octanol–water partition coefficient (Wildman–Crippen LogP) is 2.82. The van der Waals surface area contributed by atoms with Crippen LogP contribution in [0.1, 0.15) is 6.92 Å². The van der Waals surface area contributed by atoms with Crippen LogP contribution < -0.4 is 15.8 Å². The quantitative estimate of drug-likeness (QED) is 0.715. The first-order valence-corrected chi connectivity index (χ1v) is 9.87. The molecule has 9 heteroatoms. The highest BCUT2D eigenvalue weighted by molar-refractivity contribution is 6.33. The lowest BCUT2D eigenvalue weighted by molar-refractivity contribution is 0.208. The van der Waals surface area contributed by atoms with Crippen molar-refractivity contribution in [1.29, 1.82) is 0 Å². The van der Waals surface area contributed by atoms with Gasteiger partial charge >= 0.3 is 6.03 Å². The number of benzene rings is 1. The topological polar surface area (TPSA) is 83.4 Å². The predicted molar refractivity (Wildman–Crippen MR) is 114 cm³/mol. The van der Waals surface area contributed by atoms with Crippen molar-refractivity contribution in [2.24, 2.45) is 0 Å². The summed E-state index contributed by atoms with van der Waals surface area (Å²) in [6.07, 6.45) is 1.66. The second-order valence-corrected chi connectivity index (χ2v) is 7.12. The maximum Gasteiger partial charge on any atom is 0.322 e. The Balaban J connectivity index is 1.50. The fourth-order valence-corrected chi connectivity index (χ4v) is 3.62. The van der Waals surface area contributed by atoms with Crippen LogP contribution in [0.2, 0.25) is 5.02 Å². The van der Waals surface area contributed by atoms with Gasteiger partial charge in [0.05, 0.1) is 10.7 Å². The third-order valence-corrected chi connectivity index (χ3v) is 5.31. The van der Waals surface area contributed by atoms with Crippen molar-refractivity contribution in [3.05, 3.63) is 58.0 Å². The lowest BCUT2D eigenvalue weighted by atomic mass is 10.3. The van der Waals surface area contributed by atoms with Gasteiger partial charge in [-0.1, -0.05) is 23.7 Å². The number of urea groups is 1. The molecule has 1 aliphatic heterocycles. The van der Waals surface area contributed by atoms with Crippen molar-refractivity contribution in [3.8, 4) is 0 Å². The van der Waals surface area contributed by atoms with E-state index < -0.39 is 0 Å². The Morgan fingerprint density at radius 3 is 2.62 bits per heavy atom. The number of hydrogen-bond donors (Lipinski definition) is 1. The van der Waals surface area contributed by atoms with E-state index in [1.807, 2.05) is 30.0 Å². The number of piperazine rings is 1. The number of aryl methyl sites for hydroxylation is 1. The van der Waals surface area contributed by atoms with E-state index in [-0.39, 0.29) is 11.6 Å². The molecule has 1 aliphatic rings. The molecule has 2 aromatic heterocycles. The lowest BCUT2D eigenvalue weighted by Crippen LogP contribution is -2.51. The van der Waals surface area contributed by atoms with Crippen molar-refractivity contribution >= 4 is 40.3 Å². The van der Waals surface area contributed by atoms with E-state index in [2.05, 4.69) is 15.3 Å². The van der Waals surface area contributed by atoms with Crippen LogP contribution in [0.15, 0.2) is 47.4 Å². The Kier molecular flexibility index (Phi) is 5.35. The van der Waals surface area contributed by atoms with E-state index in [0.717, 1.165) is 0 Å². The Bertz CT molecular complexity index is 1110. The molecular formula is C20H21ClN6O2. The molecule has 1 fully saturated rings. The van der Waals surface area contributed by atoms with Gasteiger partial charge in [-0.25, -0.2) is 14.8 Å². The summed E-state index contributed by atoms with van der Waals surface area (Å²) in [4.78, 5) is 38.0. The maximum atomic E-state index is 12.9. The lowest BCUT2D eigenvalue weighted by Gasteiger charge is -2.35. The first kappa shape index (κ1) is 19.2. The standard InChI is InChI=1S/C20H21ClN6O2/c1-2-27-17-16(8-5-9-22-17)23-18(19(27)28)25-10-12-26(13-11-25)20(29)24-15-7-4-3-6-14(15)21/h3-9H,2,10-13H2,1H3,(H,24,29). The van der Waals surface area contributed by atoms with Crippen LogP contribution in [0.3, 0.4) is 0 Å². The monoisotopic (exact) mass is 412 g/mol. The van der Waals surface area contributed by atoms with Crippen molar-refractivity contribution in [2.45, 2.75) is 13.5 Å². The summed E-state index contributed by atoms with van der Waals surface area (Å²) >= 11 is 6.11. The van der Waals surface area contributed by atoms with Crippen LogP contribution in [0, 0.1) is 0 Å². The molecule has 29 heavy (non-hydrogen) atoms. The van der Waals surface area contributed by atoms with Gasteiger partial charge in [-0.2, -0.15) is 0 Å². The Labute approximate surface area is 172 Å². The van der Waals surface area contributed by atoms with Crippen LogP contribution in [0.5, 0.6) is 0 Å². The van der Waals surface area contributed by atoms with Crippen LogP contribution in [-0.2, 0) is 6.54 Å². The summed E-state index contributed by atoms with van der Waals surface area (Å²) in [6.45, 7) is 4.43. The van der Waals surface area contributed by atoms with Crippen molar-refractivity contribution in [1.82, 2.24) is 19.4 Å². The normalized spacial score (nSPS) is 14.3. The molecule has 1 N–H and O–H groups in total. The van der Waals surface area contributed by atoms with Crippen molar-refractivity contribution in [3.63, 3.8) is 0 Å². The SMILES string of the molecule is CCn1c(=O)c(N2CCN(C(=O)Nc3ccccc3Cl)CC2)nc2cccnc21. The van der Waals surface area contributed by atoms with Gasteiger partial charge in [0.2, 0.25) is 0 Å². The molecule has 8 nitrogen and oxygen atoms in total. The van der Waals surface area contributed by atoms with Crippen molar-refractivity contribution < 1.29 is 4.79 Å². The molecule has 0 saturated carbocycles. The molecule has 0 bridgehead atoms. The highest BCUT2D eigenvalue weighted by atomic mass is 35.5. The van der Waals surface area contributed by atoms with Gasteiger partial charge in [-0.05, 0) is 31.2 Å². The second kappa shape index (κ2) is 8.08. The average molecular weight is 413 g/mol. The van der Waals surface area contributed by atoms with E-state index in [4.69, 9.17) is 11.6 Å². The molecule has 3 heterocycles. The molecule has 3 aromatic rings. The minimum Gasteiger partial charge on any atom is -0.348 e. The number of aromatic nitrogens is 3. The zero-order valence-electron chi connectivity index (χ0n) is 16.0. The number of para-hydroxylation sites is 1. The number of hydrogen-bond acceptors (Lipinski definition) is 5. The third kappa shape index (κ3) is 3.75. The number of amides is 2. The summed E-state index contributed by atoms with van der Waals surface area (Å²) in [7, 11) is 0. The van der Waals surface area contributed by atoms with E-state index in [0.29, 0.717) is 60.4 Å². The van der Waals surface area contributed by atoms with Gasteiger partial charge in [0, 0.05) is 38.9 Å². The molecule has 0 unspecified atom stereocenters. The first-order chi connectivity index (χ1) is 14.1. The number of carbonyl (C=O) groups is 1. The first-order valence-electron chi connectivity index (χ1n) is 9.49. The summed E-state index contributed by atoms with van der Waals surface area (Å²) in [6, 6.07) is 10.6. The number of carbonyl (C=O) groups excluding carboxylic acids is 1. The minimum atomic E-state index is -0.209. The van der Waals surface area contributed by atoms with E-state index >= 15 is 0 Å². The molecule has 2 amide bonds. The number of nitrogens with one attached hydrogen (secondary N) is 1. The number of nitrogens with zero attached hydrogens (tertiary/aromatic N) is 5. The highest BCUT2D eigenvalue weighted by Crippen LogP contribution is 2.21. The van der Waals surface area contributed by atoms with Gasteiger partial charge in [-0.3, -0.25) is 9.36 Å². The zero-order chi connectivity index (χ0) is 20.4. The smallest absolute Gasteiger partial charge is 0.322 e. The van der Waals surface area contributed by atoms with Gasteiger partial charge in [0.25, 0.3) is 5.56 Å². The Hall–Kier alpha value is -3.13. The third-order valence-electron chi connectivity index (χ3n) is 4.98. The maximum absolute atomic E-state index is 12.9. The molecule has 150 valence electrons. The van der Waals surface area contributed by atoms with Crippen LogP contribution in [-0.4, -0.2) is 51.6 Å². The van der Waals surface area contributed by atoms with Crippen LogP contribution in [0.25, 0.3) is 11.2 Å². The molecule has 0 spiro atoms. The summed E-state index contributed by atoms with van der Waals surface area (Å²) in [5.74, 6) is 0.401. The van der Waals surface area contributed by atoms with E-state index in [1.165, 1.54) is 0 Å². The molecule has 1 saturated heterocycles.